The molecule has 0 aliphatic carbocycles. The smallest absolute Gasteiger partial charge is 0.111 e. The Morgan fingerprint density at radius 1 is 0.938 bits per heavy atom. The molecule has 1 unspecified atom stereocenters. The van der Waals surface area contributed by atoms with Gasteiger partial charge in [-0.2, -0.15) is 0 Å². The van der Waals surface area contributed by atoms with Crippen molar-refractivity contribution in [2.24, 2.45) is 0 Å². The van der Waals surface area contributed by atoms with Gasteiger partial charge in [0.05, 0.1) is 12.6 Å². The quantitative estimate of drug-likeness (QED) is 0.238. The summed E-state index contributed by atoms with van der Waals surface area (Å²) >= 11 is 0. The van der Waals surface area contributed by atoms with Gasteiger partial charge in [-0.15, -0.1) is 0 Å². The van der Waals surface area contributed by atoms with Crippen LogP contribution in [0.25, 0.3) is 0 Å². The van der Waals surface area contributed by atoms with Crippen LogP contribution in [0.2, 0.25) is 0 Å². The molecule has 7 N–H and O–H groups in total. The van der Waals surface area contributed by atoms with E-state index in [0.717, 1.165) is 0 Å². The van der Waals surface area contributed by atoms with E-state index in [1.807, 2.05) is 0 Å². The van der Waals surface area contributed by atoms with Crippen molar-refractivity contribution in [2.45, 2.75) is 43.8 Å². The third-order valence-corrected chi connectivity index (χ3v) is 2.39. The maximum absolute atomic E-state index is 9.50. The number of rotatable bonds is 7. The van der Waals surface area contributed by atoms with Crippen molar-refractivity contribution < 1.29 is 35.9 Å². The van der Waals surface area contributed by atoms with E-state index in [2.05, 4.69) is 0 Å². The van der Waals surface area contributed by atoms with Crippen molar-refractivity contribution >= 4 is 0 Å². The lowest BCUT2D eigenvalue weighted by atomic mass is 9.97. The van der Waals surface area contributed by atoms with Gasteiger partial charge in [0.15, 0.2) is 0 Å². The van der Waals surface area contributed by atoms with E-state index in [9.17, 15) is 15.3 Å². The Bertz CT molecular complexity index is 191. The van der Waals surface area contributed by atoms with Crippen molar-refractivity contribution in [2.75, 3.05) is 6.61 Å². The van der Waals surface area contributed by atoms with Gasteiger partial charge in [0.1, 0.15) is 24.4 Å². The zero-order chi connectivity index (χ0) is 12.9. The number of hydrogen-bond acceptors (Lipinski definition) is 8. The van der Waals surface area contributed by atoms with Gasteiger partial charge in [0.25, 0.3) is 0 Å². The fourth-order valence-corrected chi connectivity index (χ4v) is 1.31. The number of nitrogens with zero attached hydrogens (tertiary/aromatic N) is 1. The molecule has 0 aromatic rings. The summed E-state index contributed by atoms with van der Waals surface area (Å²) < 4.78 is 0. The van der Waals surface area contributed by atoms with Crippen LogP contribution in [0.4, 0.5) is 0 Å². The van der Waals surface area contributed by atoms with Crippen molar-refractivity contribution in [1.29, 1.82) is 0 Å². The first kappa shape index (κ1) is 15.7. The zero-order valence-electron chi connectivity index (χ0n) is 8.88. The molecule has 0 radical (unpaired) electrons. The number of hydrogen-bond donors (Lipinski definition) is 7. The Labute approximate surface area is 92.5 Å². The third-order valence-electron chi connectivity index (χ3n) is 2.39. The fraction of sp³-hybridized carbons (Fsp3) is 1.00. The van der Waals surface area contributed by atoms with Crippen LogP contribution in [-0.2, 0) is 0 Å². The van der Waals surface area contributed by atoms with Crippen molar-refractivity contribution in [1.82, 2.24) is 5.23 Å². The molecule has 0 aliphatic rings. The summed E-state index contributed by atoms with van der Waals surface area (Å²) in [6, 6.07) is -1.21. The highest BCUT2D eigenvalue weighted by Gasteiger charge is 2.36. The first-order valence-electron chi connectivity index (χ1n) is 4.86. The molecule has 16 heavy (non-hydrogen) atoms. The minimum atomic E-state index is -1.81. The normalized spacial score (nSPS) is 21.6. The Hall–Kier alpha value is -0.320. The van der Waals surface area contributed by atoms with Crippen molar-refractivity contribution in [3.63, 3.8) is 0 Å². The first-order chi connectivity index (χ1) is 7.36. The van der Waals surface area contributed by atoms with Crippen molar-refractivity contribution in [3.05, 3.63) is 0 Å². The molecule has 0 spiro atoms. The highest BCUT2D eigenvalue weighted by Crippen LogP contribution is 2.13. The predicted molar refractivity (Wildman–Crippen MR) is 50.6 cm³/mol. The molecule has 98 valence electrons. The van der Waals surface area contributed by atoms with Gasteiger partial charge >= 0.3 is 0 Å². The third kappa shape index (κ3) is 3.92. The average molecular weight is 241 g/mol. The SMILES string of the molecule is CCC([C@H](O)[C@@H](O)[C@H](O)[C@H](O)CO)N(O)O. The second-order valence-electron chi connectivity index (χ2n) is 3.52. The lowest BCUT2D eigenvalue weighted by Crippen LogP contribution is -2.53. The van der Waals surface area contributed by atoms with Crippen LogP contribution in [-0.4, -0.2) is 78.2 Å². The molecule has 0 heterocycles. The first-order valence-corrected chi connectivity index (χ1v) is 4.86. The van der Waals surface area contributed by atoms with E-state index in [1.165, 1.54) is 6.92 Å². The van der Waals surface area contributed by atoms with Crippen LogP contribution < -0.4 is 0 Å². The molecule has 0 bridgehead atoms. The fourth-order valence-electron chi connectivity index (χ4n) is 1.31. The summed E-state index contributed by atoms with van der Waals surface area (Å²) in [6.07, 6.45) is -6.81. The van der Waals surface area contributed by atoms with Crippen molar-refractivity contribution in [3.8, 4) is 0 Å². The minimum absolute atomic E-state index is 0.0904. The molecular formula is C8H19NO7. The van der Waals surface area contributed by atoms with Crippen LogP contribution in [0.3, 0.4) is 0 Å². The molecule has 0 saturated heterocycles. The lowest BCUT2D eigenvalue weighted by Gasteiger charge is -2.31. The summed E-state index contributed by atoms with van der Waals surface area (Å²) in [5.41, 5.74) is 0. The molecule has 5 atom stereocenters. The average Bonchev–Trinajstić information content (AvgIpc) is 2.26. The number of hydroxylamine groups is 2. The molecule has 0 rings (SSSR count). The predicted octanol–water partition coefficient (Wildman–Crippen LogP) is -2.72. The highest BCUT2D eigenvalue weighted by atomic mass is 16.8. The van der Waals surface area contributed by atoms with E-state index < -0.39 is 37.1 Å². The molecule has 0 aromatic carbocycles. The zero-order valence-corrected chi connectivity index (χ0v) is 8.88. The molecular weight excluding hydrogens is 222 g/mol. The van der Waals surface area contributed by atoms with Crippen LogP contribution in [0.1, 0.15) is 13.3 Å². The molecule has 8 heteroatoms. The van der Waals surface area contributed by atoms with E-state index in [-0.39, 0.29) is 11.6 Å². The number of aliphatic hydroxyl groups excluding tert-OH is 5. The van der Waals surface area contributed by atoms with Gasteiger partial charge < -0.3 is 25.5 Å². The molecule has 0 aliphatic heterocycles. The Morgan fingerprint density at radius 3 is 1.75 bits per heavy atom. The van der Waals surface area contributed by atoms with Gasteiger partial charge in [-0.05, 0) is 6.42 Å². The number of aliphatic hydroxyl groups is 5. The van der Waals surface area contributed by atoms with Gasteiger partial charge in [0, 0.05) is 0 Å². The van der Waals surface area contributed by atoms with Crippen LogP contribution in [0.15, 0.2) is 0 Å². The van der Waals surface area contributed by atoms with E-state index in [4.69, 9.17) is 20.6 Å². The summed E-state index contributed by atoms with van der Waals surface area (Å²) in [4.78, 5) is 0. The van der Waals surface area contributed by atoms with Gasteiger partial charge in [-0.3, -0.25) is 10.4 Å². The maximum Gasteiger partial charge on any atom is 0.111 e. The second-order valence-corrected chi connectivity index (χ2v) is 3.52. The lowest BCUT2D eigenvalue weighted by molar-refractivity contribution is -0.349. The molecule has 0 saturated carbocycles. The van der Waals surface area contributed by atoms with Gasteiger partial charge in [0.2, 0.25) is 0 Å². The molecule has 8 nitrogen and oxygen atoms in total. The Morgan fingerprint density at radius 2 is 1.44 bits per heavy atom. The summed E-state index contributed by atoms with van der Waals surface area (Å²) in [5.74, 6) is 0. The monoisotopic (exact) mass is 241 g/mol. The molecule has 0 amide bonds. The molecule has 0 aromatic heterocycles. The second kappa shape index (κ2) is 7.09. The topological polar surface area (TPSA) is 145 Å². The van der Waals surface area contributed by atoms with Gasteiger partial charge in [-0.1, -0.05) is 12.2 Å². The van der Waals surface area contributed by atoms with E-state index >= 15 is 0 Å². The van der Waals surface area contributed by atoms with Crippen LogP contribution >= 0.6 is 0 Å². The summed E-state index contributed by atoms with van der Waals surface area (Å²) in [5, 5.41) is 63.0. The Kier molecular flexibility index (Phi) is 6.95. The maximum atomic E-state index is 9.50. The standard InChI is InChI=1S/C8H19NO7/c1-2-4(9(15)16)6(12)8(14)7(13)5(11)3-10/h4-8,10-16H,2-3H2,1H3/t4?,5-,6+,7-,8-/m1/s1. The summed E-state index contributed by atoms with van der Waals surface area (Å²) in [7, 11) is 0. The largest absolute Gasteiger partial charge is 0.394 e. The Balaban J connectivity index is 4.51. The van der Waals surface area contributed by atoms with Crippen LogP contribution in [0.5, 0.6) is 0 Å². The molecule has 0 fully saturated rings. The van der Waals surface area contributed by atoms with E-state index in [1.54, 1.807) is 0 Å². The van der Waals surface area contributed by atoms with Gasteiger partial charge in [-0.25, -0.2) is 0 Å². The minimum Gasteiger partial charge on any atom is -0.394 e. The van der Waals surface area contributed by atoms with Crippen LogP contribution in [0, 0.1) is 0 Å². The summed E-state index contributed by atoms with van der Waals surface area (Å²) in [6.45, 7) is 0.735. The highest BCUT2D eigenvalue weighted by molar-refractivity contribution is 4.85. The van der Waals surface area contributed by atoms with E-state index in [0.29, 0.717) is 0 Å².